The molecule has 0 amide bonds. The highest BCUT2D eigenvalue weighted by Gasteiger charge is 2.47. The topological polar surface area (TPSA) is 44.5 Å². The van der Waals surface area contributed by atoms with Gasteiger partial charge < -0.3 is 15.2 Å². The summed E-state index contributed by atoms with van der Waals surface area (Å²) in [6.07, 6.45) is 3.63. The molecule has 3 heteroatoms. The number of rotatable bonds is 4. The standard InChI is InChI=1S/C15H21NO2/c1-11(16)15(7-8-15)12-2-4-13(5-3-12)18-14-6-9-17-10-14/h2-5,11,14H,6-10,16H2,1H3. The molecule has 2 unspecified atom stereocenters. The molecule has 3 rings (SSSR count). The summed E-state index contributed by atoms with van der Waals surface area (Å²) in [6, 6.07) is 8.70. The first-order valence-electron chi connectivity index (χ1n) is 6.81. The first-order chi connectivity index (χ1) is 8.71. The molecule has 1 aliphatic heterocycles. The molecule has 2 fully saturated rings. The molecule has 1 aromatic carbocycles. The Hall–Kier alpha value is -1.06. The zero-order chi connectivity index (χ0) is 12.6. The zero-order valence-corrected chi connectivity index (χ0v) is 10.9. The summed E-state index contributed by atoms with van der Waals surface area (Å²) >= 11 is 0. The Morgan fingerprint density at radius 1 is 1.33 bits per heavy atom. The number of hydrogen-bond donors (Lipinski definition) is 1. The zero-order valence-electron chi connectivity index (χ0n) is 10.9. The molecule has 0 spiro atoms. The smallest absolute Gasteiger partial charge is 0.124 e. The average Bonchev–Trinajstić information content (AvgIpc) is 3.04. The lowest BCUT2D eigenvalue weighted by Crippen LogP contribution is -2.31. The van der Waals surface area contributed by atoms with Gasteiger partial charge >= 0.3 is 0 Å². The summed E-state index contributed by atoms with van der Waals surface area (Å²) in [7, 11) is 0. The SMILES string of the molecule is CC(N)C1(c2ccc(OC3CCOC3)cc2)CC1. The fraction of sp³-hybridized carbons (Fsp3) is 0.600. The molecular formula is C15H21NO2. The second-order valence-electron chi connectivity index (χ2n) is 5.57. The second kappa shape index (κ2) is 4.56. The van der Waals surface area contributed by atoms with Gasteiger partial charge in [0.05, 0.1) is 13.2 Å². The monoisotopic (exact) mass is 247 g/mol. The molecule has 2 aliphatic rings. The van der Waals surface area contributed by atoms with Crippen molar-refractivity contribution in [2.45, 2.75) is 43.7 Å². The molecule has 1 aromatic rings. The quantitative estimate of drug-likeness (QED) is 0.887. The molecular weight excluding hydrogens is 226 g/mol. The maximum Gasteiger partial charge on any atom is 0.124 e. The van der Waals surface area contributed by atoms with Crippen molar-refractivity contribution in [1.29, 1.82) is 0 Å². The minimum absolute atomic E-state index is 0.221. The lowest BCUT2D eigenvalue weighted by molar-refractivity contribution is 0.141. The van der Waals surface area contributed by atoms with Crippen LogP contribution in [0.25, 0.3) is 0 Å². The predicted octanol–water partition coefficient (Wildman–Crippen LogP) is 2.23. The molecule has 1 saturated carbocycles. The van der Waals surface area contributed by atoms with Crippen LogP contribution in [0.2, 0.25) is 0 Å². The van der Waals surface area contributed by atoms with E-state index in [4.69, 9.17) is 15.2 Å². The summed E-state index contributed by atoms with van der Waals surface area (Å²) in [5.74, 6) is 0.940. The van der Waals surface area contributed by atoms with Gasteiger partial charge in [-0.1, -0.05) is 12.1 Å². The van der Waals surface area contributed by atoms with Gasteiger partial charge in [0.2, 0.25) is 0 Å². The summed E-state index contributed by atoms with van der Waals surface area (Å²) < 4.78 is 11.2. The number of ether oxygens (including phenoxy) is 2. The van der Waals surface area contributed by atoms with E-state index in [1.165, 1.54) is 18.4 Å². The van der Waals surface area contributed by atoms with E-state index in [-0.39, 0.29) is 17.6 Å². The Morgan fingerprint density at radius 3 is 2.56 bits per heavy atom. The van der Waals surface area contributed by atoms with Gasteiger partial charge in [-0.2, -0.15) is 0 Å². The van der Waals surface area contributed by atoms with Crippen molar-refractivity contribution in [3.63, 3.8) is 0 Å². The third kappa shape index (κ3) is 2.13. The first-order valence-corrected chi connectivity index (χ1v) is 6.81. The van der Waals surface area contributed by atoms with E-state index in [0.29, 0.717) is 6.61 Å². The van der Waals surface area contributed by atoms with Gasteiger partial charge in [-0.05, 0) is 37.5 Å². The van der Waals surface area contributed by atoms with Gasteiger partial charge in [0.15, 0.2) is 0 Å². The second-order valence-corrected chi connectivity index (χ2v) is 5.57. The lowest BCUT2D eigenvalue weighted by atomic mass is 9.89. The molecule has 18 heavy (non-hydrogen) atoms. The van der Waals surface area contributed by atoms with Gasteiger partial charge in [0.1, 0.15) is 11.9 Å². The van der Waals surface area contributed by atoms with Crippen LogP contribution in [0.1, 0.15) is 31.7 Å². The van der Waals surface area contributed by atoms with Gasteiger partial charge in [0, 0.05) is 17.9 Å². The van der Waals surface area contributed by atoms with E-state index in [9.17, 15) is 0 Å². The van der Waals surface area contributed by atoms with Crippen molar-refractivity contribution < 1.29 is 9.47 Å². The van der Waals surface area contributed by atoms with Crippen LogP contribution in [0.5, 0.6) is 5.75 Å². The normalized spacial score (nSPS) is 26.9. The molecule has 1 heterocycles. The van der Waals surface area contributed by atoms with Crippen molar-refractivity contribution in [2.75, 3.05) is 13.2 Å². The van der Waals surface area contributed by atoms with Gasteiger partial charge in [-0.25, -0.2) is 0 Å². The van der Waals surface area contributed by atoms with Crippen LogP contribution < -0.4 is 10.5 Å². The van der Waals surface area contributed by atoms with Crippen LogP contribution in [-0.4, -0.2) is 25.4 Å². The van der Waals surface area contributed by atoms with E-state index >= 15 is 0 Å². The van der Waals surface area contributed by atoms with Crippen molar-refractivity contribution >= 4 is 0 Å². The Kier molecular flexibility index (Phi) is 3.04. The fourth-order valence-corrected chi connectivity index (χ4v) is 2.81. The number of nitrogens with two attached hydrogens (primary N) is 1. The lowest BCUT2D eigenvalue weighted by Gasteiger charge is -2.20. The highest BCUT2D eigenvalue weighted by atomic mass is 16.5. The molecule has 1 aliphatic carbocycles. The molecule has 98 valence electrons. The molecule has 1 saturated heterocycles. The molecule has 0 aromatic heterocycles. The number of benzene rings is 1. The van der Waals surface area contributed by atoms with E-state index < -0.39 is 0 Å². The molecule has 0 radical (unpaired) electrons. The average molecular weight is 247 g/mol. The fourth-order valence-electron chi connectivity index (χ4n) is 2.81. The van der Waals surface area contributed by atoms with E-state index in [2.05, 4.69) is 31.2 Å². The largest absolute Gasteiger partial charge is 0.488 e. The van der Waals surface area contributed by atoms with Crippen LogP contribution >= 0.6 is 0 Å². The molecule has 3 nitrogen and oxygen atoms in total. The minimum Gasteiger partial charge on any atom is -0.488 e. The summed E-state index contributed by atoms with van der Waals surface area (Å²) in [4.78, 5) is 0. The summed E-state index contributed by atoms with van der Waals surface area (Å²) in [5, 5.41) is 0. The van der Waals surface area contributed by atoms with Crippen molar-refractivity contribution in [3.05, 3.63) is 29.8 Å². The van der Waals surface area contributed by atoms with Crippen LogP contribution in [0, 0.1) is 0 Å². The molecule has 0 bridgehead atoms. The Morgan fingerprint density at radius 2 is 2.06 bits per heavy atom. The van der Waals surface area contributed by atoms with Crippen LogP contribution in [0.3, 0.4) is 0 Å². The maximum absolute atomic E-state index is 6.09. The van der Waals surface area contributed by atoms with E-state index in [1.807, 2.05) is 0 Å². The predicted molar refractivity (Wildman–Crippen MR) is 70.9 cm³/mol. The van der Waals surface area contributed by atoms with Crippen LogP contribution in [-0.2, 0) is 10.2 Å². The Bertz CT molecular complexity index is 403. The van der Waals surface area contributed by atoms with Crippen molar-refractivity contribution in [1.82, 2.24) is 0 Å². The van der Waals surface area contributed by atoms with Gasteiger partial charge in [0.25, 0.3) is 0 Å². The highest BCUT2D eigenvalue weighted by Crippen LogP contribution is 2.50. The number of hydrogen-bond acceptors (Lipinski definition) is 3. The van der Waals surface area contributed by atoms with Gasteiger partial charge in [-0.15, -0.1) is 0 Å². The summed E-state index contributed by atoms with van der Waals surface area (Å²) in [5.41, 5.74) is 7.67. The highest BCUT2D eigenvalue weighted by molar-refractivity contribution is 5.37. The van der Waals surface area contributed by atoms with E-state index in [1.54, 1.807) is 0 Å². The van der Waals surface area contributed by atoms with Crippen LogP contribution in [0.15, 0.2) is 24.3 Å². The minimum atomic E-state index is 0.221. The van der Waals surface area contributed by atoms with Gasteiger partial charge in [-0.3, -0.25) is 0 Å². The van der Waals surface area contributed by atoms with Crippen LogP contribution in [0.4, 0.5) is 0 Å². The van der Waals surface area contributed by atoms with Crippen molar-refractivity contribution in [3.8, 4) is 5.75 Å². The Balaban J connectivity index is 1.69. The third-order valence-corrected chi connectivity index (χ3v) is 4.28. The molecule has 2 N–H and O–H groups in total. The summed E-state index contributed by atoms with van der Waals surface area (Å²) in [6.45, 7) is 3.63. The van der Waals surface area contributed by atoms with Crippen molar-refractivity contribution in [2.24, 2.45) is 5.73 Å². The Labute approximate surface area is 108 Å². The third-order valence-electron chi connectivity index (χ3n) is 4.28. The first kappa shape index (κ1) is 12.0. The van der Waals surface area contributed by atoms with E-state index in [0.717, 1.165) is 18.8 Å². The maximum atomic E-state index is 6.09. The molecule has 2 atom stereocenters.